The predicted octanol–water partition coefficient (Wildman–Crippen LogP) is 3.17. The van der Waals surface area contributed by atoms with Crippen molar-refractivity contribution in [3.05, 3.63) is 0 Å². The highest BCUT2D eigenvalue weighted by atomic mass is 16.5. The lowest BCUT2D eigenvalue weighted by Gasteiger charge is -2.02. The summed E-state index contributed by atoms with van der Waals surface area (Å²) in [5.74, 6) is -2.03. The number of hydrogen-bond acceptors (Lipinski definition) is 7. The fourth-order valence-electron chi connectivity index (χ4n) is 1.71. The molecule has 172 valence electrons. The van der Waals surface area contributed by atoms with Gasteiger partial charge in [-0.25, -0.2) is 0 Å². The molecule has 0 amide bonds. The Morgan fingerprint density at radius 3 is 1.76 bits per heavy atom. The first-order valence-corrected chi connectivity index (χ1v) is 10.1. The molecule has 0 heterocycles. The Bertz CT molecular complexity index is 393. The van der Waals surface area contributed by atoms with Crippen LogP contribution in [0.4, 0.5) is 0 Å². The van der Waals surface area contributed by atoms with Crippen molar-refractivity contribution < 1.29 is 44.0 Å². The molecule has 0 aliphatic heterocycles. The van der Waals surface area contributed by atoms with Gasteiger partial charge in [0.05, 0.1) is 13.2 Å². The Hall–Kier alpha value is -2.16. The zero-order chi connectivity index (χ0) is 22.8. The number of aliphatic hydroxyl groups is 1. The van der Waals surface area contributed by atoms with Gasteiger partial charge in [-0.2, -0.15) is 0 Å². The van der Waals surface area contributed by atoms with Crippen LogP contribution in [-0.2, 0) is 28.7 Å². The van der Waals surface area contributed by atoms with Crippen LogP contribution >= 0.6 is 0 Å². The molecule has 9 nitrogen and oxygen atoms in total. The lowest BCUT2D eigenvalue weighted by atomic mass is 10.2. The van der Waals surface area contributed by atoms with E-state index in [0.717, 1.165) is 32.1 Å². The van der Waals surface area contributed by atoms with Gasteiger partial charge >= 0.3 is 17.9 Å². The molecule has 29 heavy (non-hydrogen) atoms. The molecular weight excluding hydrogens is 384 g/mol. The van der Waals surface area contributed by atoms with E-state index in [2.05, 4.69) is 18.6 Å². The number of hydrogen-bond donors (Lipinski definition) is 3. The third-order valence-corrected chi connectivity index (χ3v) is 3.27. The van der Waals surface area contributed by atoms with E-state index < -0.39 is 11.9 Å². The van der Waals surface area contributed by atoms with Gasteiger partial charge in [-0.1, -0.05) is 39.5 Å². The van der Waals surface area contributed by atoms with Gasteiger partial charge < -0.3 is 24.8 Å². The van der Waals surface area contributed by atoms with Crippen LogP contribution in [0.1, 0.15) is 84.5 Å². The average molecular weight is 423 g/mol. The molecule has 9 heteroatoms. The Balaban J connectivity index is -0.000000386. The lowest BCUT2D eigenvalue weighted by molar-refractivity contribution is -0.144. The van der Waals surface area contributed by atoms with Gasteiger partial charge in [0.1, 0.15) is 0 Å². The van der Waals surface area contributed by atoms with Crippen LogP contribution in [0.15, 0.2) is 0 Å². The highest BCUT2D eigenvalue weighted by Crippen LogP contribution is 2.00. The van der Waals surface area contributed by atoms with Crippen molar-refractivity contribution in [1.29, 1.82) is 0 Å². The molecule has 0 radical (unpaired) electrons. The smallest absolute Gasteiger partial charge is 0.305 e. The van der Waals surface area contributed by atoms with Crippen molar-refractivity contribution in [1.82, 2.24) is 0 Å². The number of esters is 1. The van der Waals surface area contributed by atoms with E-state index in [1.165, 1.54) is 6.42 Å². The molecule has 3 N–H and O–H groups in total. The molecule has 0 saturated carbocycles. The molecule has 0 spiro atoms. The Labute approximate surface area is 173 Å². The van der Waals surface area contributed by atoms with Crippen molar-refractivity contribution >= 4 is 24.4 Å². The number of unbranched alkanes of at least 4 members (excludes halogenated alkanes) is 4. The lowest BCUT2D eigenvalue weighted by Crippen LogP contribution is -2.06. The molecule has 0 aromatic heterocycles. The number of rotatable bonds is 16. The summed E-state index contributed by atoms with van der Waals surface area (Å²) in [6.07, 6.45) is 7.40. The molecular formula is C20H38O9. The van der Waals surface area contributed by atoms with E-state index in [9.17, 15) is 19.2 Å². The van der Waals surface area contributed by atoms with Gasteiger partial charge in [-0.15, -0.1) is 0 Å². The van der Waals surface area contributed by atoms with Crippen LogP contribution in [-0.4, -0.2) is 59.5 Å². The first-order chi connectivity index (χ1) is 13.8. The van der Waals surface area contributed by atoms with E-state index in [1.807, 2.05) is 0 Å². The quantitative estimate of drug-likeness (QED) is 0.194. The third kappa shape index (κ3) is 41.4. The van der Waals surface area contributed by atoms with Crippen LogP contribution in [0.25, 0.3) is 0 Å². The standard InChI is InChI=1S/C10H18O4.C5H8O4.C5H12O/c1-2-3-4-8-14-10(13)7-5-6-9(11)12;6-4-9-3-1-2-5(7)8;1-2-3-4-5-6/h2-8H2,1H3,(H,11,12);4H,1-3H2,(H,7,8);6H,2-5H2,1H3. The molecule has 0 atom stereocenters. The topological polar surface area (TPSA) is 147 Å². The fourth-order valence-corrected chi connectivity index (χ4v) is 1.71. The number of aliphatic carboxylic acids is 2. The summed E-state index contributed by atoms with van der Waals surface area (Å²) in [4.78, 5) is 40.4. The van der Waals surface area contributed by atoms with E-state index in [1.54, 1.807) is 0 Å². The van der Waals surface area contributed by atoms with Crippen LogP contribution in [0, 0.1) is 0 Å². The molecule has 0 aromatic rings. The molecule has 0 fully saturated rings. The van der Waals surface area contributed by atoms with Crippen molar-refractivity contribution in [2.45, 2.75) is 84.5 Å². The average Bonchev–Trinajstić information content (AvgIpc) is 2.67. The van der Waals surface area contributed by atoms with E-state index in [4.69, 9.17) is 20.1 Å². The number of carbonyl (C=O) groups excluding carboxylic acids is 2. The minimum atomic E-state index is -0.871. The molecule has 0 bridgehead atoms. The number of ether oxygens (including phenoxy) is 2. The predicted molar refractivity (Wildman–Crippen MR) is 107 cm³/mol. The van der Waals surface area contributed by atoms with E-state index in [-0.39, 0.29) is 31.8 Å². The van der Waals surface area contributed by atoms with Gasteiger partial charge in [0, 0.05) is 25.9 Å². The number of aliphatic hydroxyl groups excluding tert-OH is 1. The fraction of sp³-hybridized carbons (Fsp3) is 0.800. The summed E-state index contributed by atoms with van der Waals surface area (Å²) >= 11 is 0. The number of carboxylic acid groups (broad SMARTS) is 2. The normalized spacial score (nSPS) is 9.21. The van der Waals surface area contributed by atoms with Crippen molar-refractivity contribution in [2.75, 3.05) is 19.8 Å². The van der Waals surface area contributed by atoms with E-state index in [0.29, 0.717) is 32.5 Å². The highest BCUT2D eigenvalue weighted by Gasteiger charge is 2.04. The summed E-state index contributed by atoms with van der Waals surface area (Å²) in [5.41, 5.74) is 0. The maximum Gasteiger partial charge on any atom is 0.305 e. The highest BCUT2D eigenvalue weighted by molar-refractivity contribution is 5.71. The number of carbonyl (C=O) groups is 4. The van der Waals surface area contributed by atoms with Crippen molar-refractivity contribution in [2.24, 2.45) is 0 Å². The summed E-state index contributed by atoms with van der Waals surface area (Å²) in [6, 6.07) is 0. The number of carboxylic acids is 2. The van der Waals surface area contributed by atoms with E-state index >= 15 is 0 Å². The molecule has 0 aromatic carbocycles. The Morgan fingerprint density at radius 2 is 1.31 bits per heavy atom. The van der Waals surface area contributed by atoms with Crippen molar-refractivity contribution in [3.8, 4) is 0 Å². The molecule has 0 aliphatic rings. The summed E-state index contributed by atoms with van der Waals surface area (Å²) in [5, 5.41) is 24.6. The third-order valence-electron chi connectivity index (χ3n) is 3.27. The largest absolute Gasteiger partial charge is 0.481 e. The van der Waals surface area contributed by atoms with Gasteiger partial charge in [0.25, 0.3) is 6.47 Å². The van der Waals surface area contributed by atoms with Crippen LogP contribution in [0.3, 0.4) is 0 Å². The minimum absolute atomic E-state index is 0.0318. The molecule has 0 saturated heterocycles. The molecule has 0 aliphatic carbocycles. The zero-order valence-electron chi connectivity index (χ0n) is 17.8. The van der Waals surface area contributed by atoms with Crippen LogP contribution in [0.2, 0.25) is 0 Å². The van der Waals surface area contributed by atoms with Gasteiger partial charge in [-0.3, -0.25) is 19.2 Å². The SMILES string of the molecule is CCCCCO.CCCCCOC(=O)CCCC(=O)O.O=COCCCC(=O)O. The van der Waals surface area contributed by atoms with Crippen molar-refractivity contribution in [3.63, 3.8) is 0 Å². The zero-order valence-corrected chi connectivity index (χ0v) is 17.8. The molecule has 0 rings (SSSR count). The minimum Gasteiger partial charge on any atom is -0.481 e. The summed E-state index contributed by atoms with van der Waals surface area (Å²) in [7, 11) is 0. The van der Waals surface area contributed by atoms with Gasteiger partial charge in [0.15, 0.2) is 0 Å². The van der Waals surface area contributed by atoms with Crippen LogP contribution < -0.4 is 0 Å². The second kappa shape index (κ2) is 28.1. The second-order valence-electron chi connectivity index (χ2n) is 6.07. The first-order valence-electron chi connectivity index (χ1n) is 10.1. The molecule has 0 unspecified atom stereocenters. The Morgan fingerprint density at radius 1 is 0.759 bits per heavy atom. The Kier molecular flexibility index (Phi) is 30.5. The summed E-state index contributed by atoms with van der Waals surface area (Å²) < 4.78 is 9.13. The van der Waals surface area contributed by atoms with Gasteiger partial charge in [0.2, 0.25) is 0 Å². The second-order valence-corrected chi connectivity index (χ2v) is 6.07. The maximum atomic E-state index is 11.0. The van der Waals surface area contributed by atoms with Gasteiger partial charge in [-0.05, 0) is 25.7 Å². The monoisotopic (exact) mass is 422 g/mol. The maximum absolute atomic E-state index is 11.0. The van der Waals surface area contributed by atoms with Crippen LogP contribution in [0.5, 0.6) is 0 Å². The first kappa shape index (κ1) is 31.5. The summed E-state index contributed by atoms with van der Waals surface area (Å²) in [6.45, 7) is 5.51.